The minimum absolute atomic E-state index is 0.0367. The molecule has 0 fully saturated rings. The summed E-state index contributed by atoms with van der Waals surface area (Å²) in [6, 6.07) is 8.48. The van der Waals surface area contributed by atoms with Crippen LogP contribution in [0.3, 0.4) is 0 Å². The Hall–Kier alpha value is -1.07. The number of rotatable bonds is 4. The molecule has 0 amide bonds. The van der Waals surface area contributed by atoms with E-state index in [4.69, 9.17) is 10.2 Å². The molecule has 17 heavy (non-hydrogen) atoms. The molecule has 5 heteroatoms. The van der Waals surface area contributed by atoms with E-state index in [9.17, 15) is 13.2 Å². The Balaban J connectivity index is 2.86. The molecule has 1 aromatic carbocycles. The van der Waals surface area contributed by atoms with Crippen LogP contribution in [0.5, 0.6) is 0 Å². The number of aliphatic hydroxyl groups is 2. The van der Waals surface area contributed by atoms with Crippen LogP contribution >= 0.6 is 0 Å². The molecule has 0 aliphatic heterocycles. The van der Waals surface area contributed by atoms with Gasteiger partial charge in [-0.15, -0.1) is 0 Å². The number of benzene rings is 1. The van der Waals surface area contributed by atoms with Crippen LogP contribution in [0.2, 0.25) is 0 Å². The average molecular weight is 248 g/mol. The summed E-state index contributed by atoms with van der Waals surface area (Å²) >= 11 is 0. The summed E-state index contributed by atoms with van der Waals surface area (Å²) in [7, 11) is 0. The molecule has 0 heterocycles. The summed E-state index contributed by atoms with van der Waals surface area (Å²) in [4.78, 5) is 0. The van der Waals surface area contributed by atoms with Gasteiger partial charge in [0.1, 0.15) is 0 Å². The van der Waals surface area contributed by atoms with Crippen LogP contribution in [0.15, 0.2) is 30.3 Å². The molecule has 0 saturated heterocycles. The van der Waals surface area contributed by atoms with Crippen molar-refractivity contribution in [3.8, 4) is 0 Å². The molecule has 96 valence electrons. The highest BCUT2D eigenvalue weighted by Gasteiger charge is 2.43. The first-order chi connectivity index (χ1) is 7.73. The number of halogens is 3. The quantitative estimate of drug-likeness (QED) is 0.804. The van der Waals surface area contributed by atoms with Gasteiger partial charge in [0.2, 0.25) is 0 Å². The number of hydrogen-bond acceptors (Lipinski definition) is 2. The van der Waals surface area contributed by atoms with Gasteiger partial charge in [0, 0.05) is 5.41 Å². The third-order valence-corrected chi connectivity index (χ3v) is 2.68. The van der Waals surface area contributed by atoms with E-state index in [0.717, 1.165) is 0 Å². The van der Waals surface area contributed by atoms with Gasteiger partial charge in [0.15, 0.2) is 6.29 Å². The Bertz CT molecular complexity index is 349. The highest BCUT2D eigenvalue weighted by molar-refractivity contribution is 5.16. The zero-order chi connectivity index (χ0) is 13.1. The second kappa shape index (κ2) is 5.06. The van der Waals surface area contributed by atoms with Crippen LogP contribution in [-0.2, 0) is 6.42 Å². The van der Waals surface area contributed by atoms with Crippen molar-refractivity contribution in [1.82, 2.24) is 0 Å². The zero-order valence-corrected chi connectivity index (χ0v) is 9.41. The third-order valence-electron chi connectivity index (χ3n) is 2.68. The molecule has 0 aromatic heterocycles. The highest BCUT2D eigenvalue weighted by atomic mass is 19.4. The van der Waals surface area contributed by atoms with E-state index in [1.165, 1.54) is 6.92 Å². The van der Waals surface area contributed by atoms with Crippen molar-refractivity contribution in [3.05, 3.63) is 35.9 Å². The molecular formula is C12H15F3O2. The van der Waals surface area contributed by atoms with Gasteiger partial charge in [-0.05, 0) is 12.0 Å². The summed E-state index contributed by atoms with van der Waals surface area (Å²) < 4.78 is 37.2. The fourth-order valence-electron chi connectivity index (χ4n) is 1.77. The molecule has 0 radical (unpaired) electrons. The molecule has 0 saturated carbocycles. The van der Waals surface area contributed by atoms with Crippen molar-refractivity contribution in [1.29, 1.82) is 0 Å². The molecule has 1 rings (SSSR count). The maximum Gasteiger partial charge on any atom is 0.389 e. The minimum Gasteiger partial charge on any atom is -0.368 e. The lowest BCUT2D eigenvalue weighted by Crippen LogP contribution is -2.38. The molecule has 0 unspecified atom stereocenters. The van der Waals surface area contributed by atoms with Crippen molar-refractivity contribution >= 4 is 0 Å². The Labute approximate surface area is 97.7 Å². The molecule has 1 aromatic rings. The van der Waals surface area contributed by atoms with Gasteiger partial charge in [0.05, 0.1) is 6.42 Å². The SMILES string of the molecule is C[C@](Cc1ccccc1)(CC(F)(F)F)C(O)O. The minimum atomic E-state index is -4.42. The summed E-state index contributed by atoms with van der Waals surface area (Å²) in [5.74, 6) is 0. The number of aliphatic hydroxyl groups excluding tert-OH is 1. The van der Waals surface area contributed by atoms with Gasteiger partial charge in [-0.1, -0.05) is 37.3 Å². The molecule has 2 nitrogen and oxygen atoms in total. The van der Waals surface area contributed by atoms with E-state index in [-0.39, 0.29) is 6.42 Å². The van der Waals surface area contributed by atoms with Crippen LogP contribution in [-0.4, -0.2) is 22.7 Å². The predicted octanol–water partition coefficient (Wildman–Crippen LogP) is 2.50. The molecule has 0 aliphatic rings. The summed E-state index contributed by atoms with van der Waals surface area (Å²) in [6.45, 7) is 1.22. The van der Waals surface area contributed by atoms with Gasteiger partial charge in [-0.25, -0.2) is 0 Å². The topological polar surface area (TPSA) is 40.5 Å². The van der Waals surface area contributed by atoms with Crippen LogP contribution < -0.4 is 0 Å². The van der Waals surface area contributed by atoms with Gasteiger partial charge < -0.3 is 10.2 Å². The lowest BCUT2D eigenvalue weighted by Gasteiger charge is -2.32. The first kappa shape index (κ1) is 14.0. The van der Waals surface area contributed by atoms with E-state index in [0.29, 0.717) is 5.56 Å². The predicted molar refractivity (Wildman–Crippen MR) is 57.2 cm³/mol. The number of alkyl halides is 3. The smallest absolute Gasteiger partial charge is 0.368 e. The van der Waals surface area contributed by atoms with Crippen LogP contribution in [0.1, 0.15) is 18.9 Å². The molecule has 1 atom stereocenters. The van der Waals surface area contributed by atoms with Gasteiger partial charge in [-0.2, -0.15) is 13.2 Å². The third kappa shape index (κ3) is 4.36. The Morgan fingerprint density at radius 1 is 1.12 bits per heavy atom. The molecule has 0 bridgehead atoms. The maximum absolute atomic E-state index is 12.4. The van der Waals surface area contributed by atoms with Gasteiger partial charge in [-0.3, -0.25) is 0 Å². The Morgan fingerprint density at radius 2 is 1.65 bits per heavy atom. The van der Waals surface area contributed by atoms with Crippen molar-refractivity contribution in [2.24, 2.45) is 5.41 Å². The average Bonchev–Trinajstić information content (AvgIpc) is 2.15. The van der Waals surface area contributed by atoms with E-state index < -0.39 is 24.3 Å². The first-order valence-corrected chi connectivity index (χ1v) is 5.20. The van der Waals surface area contributed by atoms with Crippen molar-refractivity contribution < 1.29 is 23.4 Å². The molecular weight excluding hydrogens is 233 g/mol. The standard InChI is InChI=1S/C12H15F3O2/c1-11(10(16)17,8-12(13,14)15)7-9-5-3-2-4-6-9/h2-6,10,16-17H,7-8H2,1H3/t11-/m0/s1. The van der Waals surface area contributed by atoms with Crippen LogP contribution in [0.4, 0.5) is 13.2 Å². The number of hydrogen-bond donors (Lipinski definition) is 2. The second-order valence-corrected chi connectivity index (χ2v) is 4.48. The highest BCUT2D eigenvalue weighted by Crippen LogP contribution is 2.38. The maximum atomic E-state index is 12.4. The van der Waals surface area contributed by atoms with E-state index >= 15 is 0 Å². The monoisotopic (exact) mass is 248 g/mol. The first-order valence-electron chi connectivity index (χ1n) is 5.20. The molecule has 2 N–H and O–H groups in total. The summed E-state index contributed by atoms with van der Waals surface area (Å²) in [5, 5.41) is 18.3. The summed E-state index contributed by atoms with van der Waals surface area (Å²) in [6.07, 6.45) is -7.70. The largest absolute Gasteiger partial charge is 0.389 e. The van der Waals surface area contributed by atoms with Gasteiger partial charge >= 0.3 is 6.18 Å². The van der Waals surface area contributed by atoms with Crippen molar-refractivity contribution in [3.63, 3.8) is 0 Å². The molecule has 0 spiro atoms. The fraction of sp³-hybridized carbons (Fsp3) is 0.500. The van der Waals surface area contributed by atoms with Gasteiger partial charge in [0.25, 0.3) is 0 Å². The van der Waals surface area contributed by atoms with Crippen molar-refractivity contribution in [2.75, 3.05) is 0 Å². The van der Waals surface area contributed by atoms with Crippen molar-refractivity contribution in [2.45, 2.75) is 32.2 Å². The fourth-order valence-corrected chi connectivity index (χ4v) is 1.77. The van der Waals surface area contributed by atoms with E-state index in [1.54, 1.807) is 30.3 Å². The lowest BCUT2D eigenvalue weighted by molar-refractivity contribution is -0.205. The second-order valence-electron chi connectivity index (χ2n) is 4.48. The molecule has 0 aliphatic carbocycles. The Morgan fingerprint density at radius 3 is 2.06 bits per heavy atom. The normalized spacial score (nSPS) is 15.9. The van der Waals surface area contributed by atoms with Crippen LogP contribution in [0, 0.1) is 5.41 Å². The Kier molecular flexibility index (Phi) is 4.16. The lowest BCUT2D eigenvalue weighted by atomic mass is 9.79. The van der Waals surface area contributed by atoms with E-state index in [2.05, 4.69) is 0 Å². The summed E-state index contributed by atoms with van der Waals surface area (Å²) in [5.41, 5.74) is -0.980. The van der Waals surface area contributed by atoms with E-state index in [1.807, 2.05) is 0 Å². The van der Waals surface area contributed by atoms with Crippen LogP contribution in [0.25, 0.3) is 0 Å². The zero-order valence-electron chi connectivity index (χ0n) is 9.41.